The maximum atomic E-state index is 13.3. The predicted octanol–water partition coefficient (Wildman–Crippen LogP) is 3.15. The van der Waals surface area contributed by atoms with Gasteiger partial charge in [-0.05, 0) is 29.8 Å². The van der Waals surface area contributed by atoms with E-state index in [0.717, 1.165) is 24.5 Å². The number of amides is 1. The molecule has 1 unspecified atom stereocenters. The molecule has 2 aromatic rings. The van der Waals surface area contributed by atoms with Gasteiger partial charge in [0.15, 0.2) is 9.84 Å². The van der Waals surface area contributed by atoms with E-state index in [-0.39, 0.29) is 22.4 Å². The van der Waals surface area contributed by atoms with E-state index in [2.05, 4.69) is 0 Å². The van der Waals surface area contributed by atoms with Crippen LogP contribution >= 0.6 is 11.8 Å². The number of benzene rings is 2. The molecule has 0 aromatic heterocycles. The Morgan fingerprint density at radius 1 is 1.08 bits per heavy atom. The van der Waals surface area contributed by atoms with Gasteiger partial charge < -0.3 is 4.90 Å². The Kier molecular flexibility index (Phi) is 4.35. The number of sulfone groups is 1. The highest BCUT2D eigenvalue weighted by atomic mass is 32.2. The molecule has 1 atom stereocenters. The number of anilines is 1. The van der Waals surface area contributed by atoms with Crippen LogP contribution in [0.25, 0.3) is 0 Å². The molecule has 3 rings (SSSR count). The number of nitrogens with zero attached hydrogens (tertiary/aromatic N) is 1. The molecule has 0 aliphatic carbocycles. The summed E-state index contributed by atoms with van der Waals surface area (Å²) in [5, 5.41) is -0.537. The largest absolute Gasteiger partial charge is 0.301 e. The Hall–Kier alpha value is -1.93. The van der Waals surface area contributed by atoms with Crippen LogP contribution in [0.3, 0.4) is 0 Å². The second kappa shape index (κ2) is 6.18. The van der Waals surface area contributed by atoms with Gasteiger partial charge >= 0.3 is 0 Å². The predicted molar refractivity (Wildman–Crippen MR) is 88.6 cm³/mol. The molecule has 1 heterocycles. The lowest BCUT2D eigenvalue weighted by molar-refractivity contribution is -0.117. The molecule has 1 saturated heterocycles. The summed E-state index contributed by atoms with van der Waals surface area (Å²) in [6.45, 7) is 0. The fraction of sp³-hybridized carbons (Fsp3) is 0.188. The number of halogens is 2. The monoisotopic (exact) mass is 369 g/mol. The van der Waals surface area contributed by atoms with Crippen molar-refractivity contribution in [3.05, 3.63) is 59.7 Å². The van der Waals surface area contributed by atoms with Crippen molar-refractivity contribution in [2.45, 2.75) is 10.1 Å². The Bertz CT molecular complexity index is 878. The van der Waals surface area contributed by atoms with E-state index < -0.39 is 26.7 Å². The number of carbonyl (C=O) groups excluding carboxylic acids is 1. The van der Waals surface area contributed by atoms with Crippen LogP contribution in [0.5, 0.6) is 0 Å². The van der Waals surface area contributed by atoms with Crippen molar-refractivity contribution in [2.24, 2.45) is 0 Å². The number of thioether (sulfide) groups is 1. The van der Waals surface area contributed by atoms with E-state index in [9.17, 15) is 22.0 Å². The molecule has 1 aliphatic heterocycles. The summed E-state index contributed by atoms with van der Waals surface area (Å²) < 4.78 is 49.6. The van der Waals surface area contributed by atoms with Gasteiger partial charge in [0.1, 0.15) is 16.9 Å². The average Bonchev–Trinajstić information content (AvgIpc) is 2.87. The van der Waals surface area contributed by atoms with Gasteiger partial charge in [0.2, 0.25) is 5.91 Å². The molecule has 1 amide bonds. The van der Waals surface area contributed by atoms with Crippen LogP contribution in [0.1, 0.15) is 10.8 Å². The second-order valence-electron chi connectivity index (χ2n) is 5.41. The third-order valence-corrected chi connectivity index (χ3v) is 5.97. The van der Waals surface area contributed by atoms with E-state index >= 15 is 0 Å². The molecule has 2 aromatic carbocycles. The highest BCUT2D eigenvalue weighted by Crippen LogP contribution is 2.40. The Labute approximate surface area is 142 Å². The van der Waals surface area contributed by atoms with Crippen molar-refractivity contribution >= 4 is 33.2 Å². The highest BCUT2D eigenvalue weighted by molar-refractivity contribution is 8.00. The van der Waals surface area contributed by atoms with Gasteiger partial charge in [-0.3, -0.25) is 4.79 Å². The number of carbonyl (C=O) groups is 1. The van der Waals surface area contributed by atoms with Gasteiger partial charge in [0.25, 0.3) is 0 Å². The van der Waals surface area contributed by atoms with Gasteiger partial charge in [-0.1, -0.05) is 12.1 Å². The molecule has 8 heteroatoms. The Morgan fingerprint density at radius 2 is 1.67 bits per heavy atom. The fourth-order valence-electron chi connectivity index (χ4n) is 2.45. The molecule has 1 aliphatic rings. The Balaban J connectivity index is 1.86. The molecule has 4 nitrogen and oxygen atoms in total. The molecular formula is C16H13F2NO3S2. The summed E-state index contributed by atoms with van der Waals surface area (Å²) in [6.07, 6.45) is 1.11. The zero-order chi connectivity index (χ0) is 17.5. The van der Waals surface area contributed by atoms with E-state index in [0.29, 0.717) is 5.56 Å². The van der Waals surface area contributed by atoms with Crippen molar-refractivity contribution in [1.29, 1.82) is 0 Å². The molecular weight excluding hydrogens is 356 g/mol. The molecule has 1 fully saturated rings. The van der Waals surface area contributed by atoms with E-state index in [1.54, 1.807) is 12.1 Å². The summed E-state index contributed by atoms with van der Waals surface area (Å²) in [5.41, 5.74) is 0.817. The summed E-state index contributed by atoms with van der Waals surface area (Å²) in [5.74, 6) is -1.52. The third-order valence-electron chi connectivity index (χ3n) is 3.63. The van der Waals surface area contributed by atoms with E-state index in [1.165, 1.54) is 28.8 Å². The molecule has 0 saturated carbocycles. The van der Waals surface area contributed by atoms with Gasteiger partial charge in [-0.2, -0.15) is 0 Å². The van der Waals surface area contributed by atoms with Gasteiger partial charge in [0.05, 0.1) is 16.5 Å². The summed E-state index contributed by atoms with van der Waals surface area (Å²) >= 11 is 1.31. The lowest BCUT2D eigenvalue weighted by Crippen LogP contribution is -2.26. The fourth-order valence-corrected chi connectivity index (χ4v) is 4.28. The van der Waals surface area contributed by atoms with Crippen LogP contribution in [0.4, 0.5) is 14.5 Å². The SMILES string of the molecule is CS(=O)(=O)c1ccc(C2SCN(c3cc(F)cc(F)c3)C2=O)cc1. The van der Waals surface area contributed by atoms with E-state index in [4.69, 9.17) is 0 Å². The zero-order valence-corrected chi connectivity index (χ0v) is 14.2. The lowest BCUT2D eigenvalue weighted by atomic mass is 10.1. The topological polar surface area (TPSA) is 54.5 Å². The van der Waals surface area contributed by atoms with Crippen LogP contribution in [-0.4, -0.2) is 26.5 Å². The minimum atomic E-state index is -3.31. The van der Waals surface area contributed by atoms with Crippen LogP contribution < -0.4 is 4.90 Å². The molecule has 24 heavy (non-hydrogen) atoms. The van der Waals surface area contributed by atoms with Crippen molar-refractivity contribution in [1.82, 2.24) is 0 Å². The number of hydrogen-bond acceptors (Lipinski definition) is 4. The minimum Gasteiger partial charge on any atom is -0.301 e. The first-order valence-corrected chi connectivity index (χ1v) is 9.89. The molecule has 126 valence electrons. The minimum absolute atomic E-state index is 0.167. The normalized spacial score (nSPS) is 18.2. The number of rotatable bonds is 3. The first-order chi connectivity index (χ1) is 11.3. The highest BCUT2D eigenvalue weighted by Gasteiger charge is 2.34. The standard InChI is InChI=1S/C16H13F2NO3S2/c1-24(21,22)14-4-2-10(3-5-14)15-16(20)19(9-23-15)13-7-11(17)6-12(18)8-13/h2-8,15H,9H2,1H3. The molecule has 0 bridgehead atoms. The summed E-state index contributed by atoms with van der Waals surface area (Å²) in [6, 6.07) is 9.03. The smallest absolute Gasteiger partial charge is 0.245 e. The van der Waals surface area contributed by atoms with Crippen LogP contribution in [-0.2, 0) is 14.6 Å². The van der Waals surface area contributed by atoms with Gasteiger partial charge in [-0.15, -0.1) is 11.8 Å². The van der Waals surface area contributed by atoms with Crippen molar-refractivity contribution in [3.63, 3.8) is 0 Å². The van der Waals surface area contributed by atoms with Crippen LogP contribution in [0, 0.1) is 11.6 Å². The first-order valence-electron chi connectivity index (χ1n) is 6.95. The average molecular weight is 369 g/mol. The molecule has 0 N–H and O–H groups in total. The van der Waals surface area contributed by atoms with Crippen molar-refractivity contribution in [2.75, 3.05) is 17.0 Å². The van der Waals surface area contributed by atoms with Crippen molar-refractivity contribution < 1.29 is 22.0 Å². The Morgan fingerprint density at radius 3 is 2.21 bits per heavy atom. The van der Waals surface area contributed by atoms with Crippen molar-refractivity contribution in [3.8, 4) is 0 Å². The summed E-state index contributed by atoms with van der Waals surface area (Å²) in [7, 11) is -3.31. The van der Waals surface area contributed by atoms with Crippen LogP contribution in [0.15, 0.2) is 47.4 Å². The maximum absolute atomic E-state index is 13.3. The zero-order valence-electron chi connectivity index (χ0n) is 12.6. The number of hydrogen-bond donors (Lipinski definition) is 0. The second-order valence-corrected chi connectivity index (χ2v) is 8.49. The van der Waals surface area contributed by atoms with Gasteiger partial charge in [0, 0.05) is 12.3 Å². The first kappa shape index (κ1) is 16.9. The van der Waals surface area contributed by atoms with E-state index in [1.807, 2.05) is 0 Å². The van der Waals surface area contributed by atoms with Gasteiger partial charge in [-0.25, -0.2) is 17.2 Å². The molecule has 0 radical (unpaired) electrons. The third kappa shape index (κ3) is 3.29. The van der Waals surface area contributed by atoms with Crippen LogP contribution in [0.2, 0.25) is 0 Å². The quantitative estimate of drug-likeness (QED) is 0.834. The lowest BCUT2D eigenvalue weighted by Gasteiger charge is -2.16. The maximum Gasteiger partial charge on any atom is 0.245 e. The molecule has 0 spiro atoms. The summed E-state index contributed by atoms with van der Waals surface area (Å²) in [4.78, 5) is 14.0.